The topological polar surface area (TPSA) is 58.4 Å². The van der Waals surface area contributed by atoms with Gasteiger partial charge in [0.1, 0.15) is 0 Å². The van der Waals surface area contributed by atoms with E-state index in [1.807, 2.05) is 6.92 Å². The zero-order valence-electron chi connectivity index (χ0n) is 11.1. The third-order valence-corrected chi connectivity index (χ3v) is 2.93. The fourth-order valence-corrected chi connectivity index (χ4v) is 1.29. The van der Waals surface area contributed by atoms with E-state index in [4.69, 9.17) is 5.73 Å². The van der Waals surface area contributed by atoms with Gasteiger partial charge < -0.3 is 16.0 Å². The van der Waals surface area contributed by atoms with Crippen molar-refractivity contribution in [3.8, 4) is 0 Å². The van der Waals surface area contributed by atoms with Crippen LogP contribution < -0.4 is 11.1 Å². The fraction of sp³-hybridized carbons (Fsp3) is 0.917. The molecule has 96 valence electrons. The summed E-state index contributed by atoms with van der Waals surface area (Å²) in [6.07, 6.45) is 2.33. The van der Waals surface area contributed by atoms with Gasteiger partial charge in [-0.05, 0) is 46.8 Å². The lowest BCUT2D eigenvalue weighted by molar-refractivity contribution is -0.121. The SMILES string of the molecule is CC(CNCCCCN(C)C(C)C)C(N)=O. The highest BCUT2D eigenvalue weighted by atomic mass is 16.1. The predicted octanol–water partition coefficient (Wildman–Crippen LogP) is 0.818. The number of nitrogens with two attached hydrogens (primary N) is 1. The third-order valence-electron chi connectivity index (χ3n) is 2.93. The van der Waals surface area contributed by atoms with Gasteiger partial charge in [-0.1, -0.05) is 6.92 Å². The second kappa shape index (κ2) is 8.53. The number of primary amides is 1. The Balaban J connectivity index is 3.31. The molecule has 1 unspecified atom stereocenters. The molecule has 0 aliphatic carbocycles. The van der Waals surface area contributed by atoms with E-state index in [1.54, 1.807) is 0 Å². The molecule has 0 aromatic heterocycles. The van der Waals surface area contributed by atoms with Crippen LogP contribution in [0.2, 0.25) is 0 Å². The maximum absolute atomic E-state index is 10.8. The van der Waals surface area contributed by atoms with Gasteiger partial charge in [-0.25, -0.2) is 0 Å². The molecule has 0 fully saturated rings. The molecule has 4 nitrogen and oxygen atoms in total. The monoisotopic (exact) mass is 229 g/mol. The van der Waals surface area contributed by atoms with Crippen molar-refractivity contribution in [3.05, 3.63) is 0 Å². The molecule has 16 heavy (non-hydrogen) atoms. The second-order valence-corrected chi connectivity index (χ2v) is 4.79. The quantitative estimate of drug-likeness (QED) is 0.575. The van der Waals surface area contributed by atoms with Crippen molar-refractivity contribution in [3.63, 3.8) is 0 Å². The molecular weight excluding hydrogens is 202 g/mol. The molecule has 4 heteroatoms. The number of carbonyl (C=O) groups excluding carboxylic acids is 1. The van der Waals surface area contributed by atoms with Crippen molar-refractivity contribution in [2.75, 3.05) is 26.7 Å². The van der Waals surface area contributed by atoms with Crippen LogP contribution in [0.25, 0.3) is 0 Å². The summed E-state index contributed by atoms with van der Waals surface area (Å²) in [5.74, 6) is -0.301. The minimum atomic E-state index is -0.230. The highest BCUT2D eigenvalue weighted by Gasteiger charge is 2.07. The highest BCUT2D eigenvalue weighted by Crippen LogP contribution is 1.97. The summed E-state index contributed by atoms with van der Waals surface area (Å²) in [6.45, 7) is 9.03. The first-order chi connectivity index (χ1) is 7.45. The lowest BCUT2D eigenvalue weighted by Gasteiger charge is -2.20. The van der Waals surface area contributed by atoms with Crippen molar-refractivity contribution in [1.82, 2.24) is 10.2 Å². The Morgan fingerprint density at radius 2 is 1.94 bits per heavy atom. The average molecular weight is 229 g/mol. The summed E-state index contributed by atoms with van der Waals surface area (Å²) in [5, 5.41) is 3.25. The van der Waals surface area contributed by atoms with Crippen LogP contribution >= 0.6 is 0 Å². The summed E-state index contributed by atoms with van der Waals surface area (Å²) in [4.78, 5) is 13.1. The Hall–Kier alpha value is -0.610. The molecular formula is C12H27N3O. The van der Waals surface area contributed by atoms with Gasteiger partial charge in [-0.3, -0.25) is 4.79 Å². The predicted molar refractivity (Wildman–Crippen MR) is 68.2 cm³/mol. The maximum Gasteiger partial charge on any atom is 0.221 e. The van der Waals surface area contributed by atoms with Gasteiger partial charge in [0, 0.05) is 18.5 Å². The molecule has 1 amide bonds. The van der Waals surface area contributed by atoms with E-state index in [-0.39, 0.29) is 11.8 Å². The van der Waals surface area contributed by atoms with Gasteiger partial charge in [0.15, 0.2) is 0 Å². The molecule has 0 saturated carbocycles. The summed E-state index contributed by atoms with van der Waals surface area (Å²) in [6, 6.07) is 0.614. The number of rotatable bonds is 9. The number of hydrogen-bond acceptors (Lipinski definition) is 3. The van der Waals surface area contributed by atoms with Crippen LogP contribution in [-0.2, 0) is 4.79 Å². The van der Waals surface area contributed by atoms with Crippen LogP contribution in [-0.4, -0.2) is 43.5 Å². The van der Waals surface area contributed by atoms with Gasteiger partial charge in [0.2, 0.25) is 5.91 Å². The van der Waals surface area contributed by atoms with Gasteiger partial charge >= 0.3 is 0 Å². The number of nitrogens with zero attached hydrogens (tertiary/aromatic N) is 1. The number of carbonyl (C=O) groups is 1. The molecule has 0 spiro atoms. The van der Waals surface area contributed by atoms with E-state index in [0.717, 1.165) is 19.5 Å². The van der Waals surface area contributed by atoms with E-state index >= 15 is 0 Å². The molecule has 0 heterocycles. The van der Waals surface area contributed by atoms with E-state index in [2.05, 4.69) is 31.1 Å². The molecule has 0 bridgehead atoms. The Morgan fingerprint density at radius 1 is 1.31 bits per heavy atom. The zero-order chi connectivity index (χ0) is 12.6. The van der Waals surface area contributed by atoms with Crippen molar-refractivity contribution < 1.29 is 4.79 Å². The van der Waals surface area contributed by atoms with E-state index in [1.165, 1.54) is 6.42 Å². The third kappa shape index (κ3) is 7.65. The Labute approximate surface area is 99.6 Å². The van der Waals surface area contributed by atoms with Crippen LogP contribution in [0.5, 0.6) is 0 Å². The lowest BCUT2D eigenvalue weighted by atomic mass is 10.1. The van der Waals surface area contributed by atoms with E-state index in [9.17, 15) is 4.79 Å². The maximum atomic E-state index is 10.8. The molecule has 0 aliphatic rings. The molecule has 0 radical (unpaired) electrons. The molecule has 0 aromatic rings. The van der Waals surface area contributed by atoms with Crippen LogP contribution in [0, 0.1) is 5.92 Å². The van der Waals surface area contributed by atoms with Gasteiger partial charge in [0.25, 0.3) is 0 Å². The largest absolute Gasteiger partial charge is 0.369 e. The van der Waals surface area contributed by atoms with Crippen LogP contribution in [0.3, 0.4) is 0 Å². The summed E-state index contributed by atoms with van der Waals surface area (Å²) in [7, 11) is 2.15. The number of nitrogens with one attached hydrogen (secondary N) is 1. The fourth-order valence-electron chi connectivity index (χ4n) is 1.29. The zero-order valence-corrected chi connectivity index (χ0v) is 11.1. The first-order valence-corrected chi connectivity index (χ1v) is 6.15. The minimum absolute atomic E-state index is 0.0710. The van der Waals surface area contributed by atoms with Crippen LogP contribution in [0.1, 0.15) is 33.6 Å². The first kappa shape index (κ1) is 15.4. The van der Waals surface area contributed by atoms with Crippen molar-refractivity contribution >= 4 is 5.91 Å². The van der Waals surface area contributed by atoms with Crippen molar-refractivity contribution in [2.45, 2.75) is 39.7 Å². The van der Waals surface area contributed by atoms with E-state index in [0.29, 0.717) is 12.6 Å². The summed E-state index contributed by atoms with van der Waals surface area (Å²) in [5.41, 5.74) is 5.16. The molecule has 3 N–H and O–H groups in total. The van der Waals surface area contributed by atoms with Gasteiger partial charge in [-0.2, -0.15) is 0 Å². The van der Waals surface area contributed by atoms with Crippen LogP contribution in [0.4, 0.5) is 0 Å². The van der Waals surface area contributed by atoms with Crippen molar-refractivity contribution in [1.29, 1.82) is 0 Å². The molecule has 0 aliphatic heterocycles. The number of hydrogen-bond donors (Lipinski definition) is 2. The van der Waals surface area contributed by atoms with Gasteiger partial charge in [0.05, 0.1) is 0 Å². The summed E-state index contributed by atoms with van der Waals surface area (Å²) < 4.78 is 0. The summed E-state index contributed by atoms with van der Waals surface area (Å²) >= 11 is 0. The Bertz CT molecular complexity index is 195. The van der Waals surface area contributed by atoms with Gasteiger partial charge in [-0.15, -0.1) is 0 Å². The Kier molecular flexibility index (Phi) is 8.21. The normalized spacial score (nSPS) is 13.4. The smallest absolute Gasteiger partial charge is 0.221 e. The second-order valence-electron chi connectivity index (χ2n) is 4.79. The van der Waals surface area contributed by atoms with E-state index < -0.39 is 0 Å². The lowest BCUT2D eigenvalue weighted by Crippen LogP contribution is -2.32. The van der Waals surface area contributed by atoms with Crippen LogP contribution in [0.15, 0.2) is 0 Å². The molecule has 1 atom stereocenters. The standard InChI is InChI=1S/C12H27N3O/c1-10(2)15(4)8-6-5-7-14-9-11(3)12(13)16/h10-11,14H,5-9H2,1-4H3,(H2,13,16). The average Bonchev–Trinajstić information content (AvgIpc) is 2.21. The first-order valence-electron chi connectivity index (χ1n) is 6.15. The number of amides is 1. The number of unbranched alkanes of at least 4 members (excludes halogenated alkanes) is 1. The van der Waals surface area contributed by atoms with Crippen molar-refractivity contribution in [2.24, 2.45) is 11.7 Å². The molecule has 0 aromatic carbocycles. The highest BCUT2D eigenvalue weighted by molar-refractivity contribution is 5.76. The molecule has 0 saturated heterocycles. The molecule has 0 rings (SSSR count). The Morgan fingerprint density at radius 3 is 2.44 bits per heavy atom. The minimum Gasteiger partial charge on any atom is -0.369 e.